The van der Waals surface area contributed by atoms with Crippen molar-refractivity contribution in [2.24, 2.45) is 0 Å². The molecule has 1 N–H and O–H groups in total. The minimum absolute atomic E-state index is 0.109. The van der Waals surface area contributed by atoms with Crippen molar-refractivity contribution in [3.8, 4) is 5.97 Å². The van der Waals surface area contributed by atoms with Gasteiger partial charge in [0.15, 0.2) is 0 Å². The zero-order valence-corrected chi connectivity index (χ0v) is 13.5. The highest BCUT2D eigenvalue weighted by Crippen LogP contribution is 2.38. The number of anilines is 1. The fraction of sp³-hybridized carbons (Fsp3) is 0.643. The molecule has 2 heterocycles. The average molecular weight is 305 g/mol. The van der Waals surface area contributed by atoms with Gasteiger partial charge in [0, 0.05) is 17.7 Å². The lowest BCUT2D eigenvalue weighted by Gasteiger charge is -2.24. The Balaban J connectivity index is 2.05. The number of carbonyl (C=O) groups is 1. The summed E-state index contributed by atoms with van der Waals surface area (Å²) >= 11 is 1.26. The third kappa shape index (κ3) is 4.46. The third-order valence-corrected chi connectivity index (χ3v) is 4.24. The first-order chi connectivity index (χ1) is 9.89. The first-order valence-electron chi connectivity index (χ1n) is 7.23. The highest BCUT2D eigenvalue weighted by molar-refractivity contribution is 7.10. The van der Waals surface area contributed by atoms with E-state index < -0.39 is 11.7 Å². The van der Waals surface area contributed by atoms with E-state index in [1.807, 2.05) is 27.0 Å². The monoisotopic (exact) mass is 305 g/mol. The zero-order valence-electron chi connectivity index (χ0n) is 12.7. The summed E-state index contributed by atoms with van der Waals surface area (Å²) in [7, 11) is 0. The molecule has 0 aliphatic carbocycles. The molecule has 2 rings (SSSR count). The number of hydrogen-bond acceptors (Lipinski definition) is 5. The van der Waals surface area contributed by atoms with E-state index in [2.05, 4.69) is 15.7 Å². The van der Waals surface area contributed by atoms with Crippen LogP contribution in [0.25, 0.3) is 0 Å². The molecule has 21 heavy (non-hydrogen) atoms. The van der Waals surface area contributed by atoms with Gasteiger partial charge in [0.2, 0.25) is 0 Å². The maximum absolute atomic E-state index is 11.9. The molecular weight excluding hydrogens is 285 g/mol. The number of carbonyl (C=O) groups excluding carboxylic acids is 1. The highest BCUT2D eigenvalue weighted by Gasteiger charge is 2.29. The van der Waals surface area contributed by atoms with Gasteiger partial charge in [0.1, 0.15) is 10.6 Å². The van der Waals surface area contributed by atoms with Crippen LogP contribution < -0.4 is 5.32 Å². The molecule has 7 heteroatoms. The number of aromatic nitrogens is 1. The largest absolute Gasteiger partial charge is 0.444 e. The van der Waals surface area contributed by atoms with Crippen molar-refractivity contribution in [2.45, 2.75) is 57.8 Å². The molecule has 1 fully saturated rings. The summed E-state index contributed by atoms with van der Waals surface area (Å²) in [6.07, 6.45) is 5.25. The maximum atomic E-state index is 11.9. The molecule has 0 bridgehead atoms. The molecule has 1 aliphatic heterocycles. The lowest BCUT2D eigenvalue weighted by atomic mass is 9.40. The summed E-state index contributed by atoms with van der Waals surface area (Å²) in [6, 6.07) is 0. The second-order valence-electron chi connectivity index (χ2n) is 6.43. The van der Waals surface area contributed by atoms with Gasteiger partial charge in [-0.2, -0.15) is 4.37 Å². The Bertz CT molecular complexity index is 547. The van der Waals surface area contributed by atoms with E-state index in [1.165, 1.54) is 11.5 Å². The van der Waals surface area contributed by atoms with E-state index in [0.717, 1.165) is 36.0 Å². The molecule has 1 aliphatic rings. The summed E-state index contributed by atoms with van der Waals surface area (Å²) in [6.45, 7) is 5.61. The Morgan fingerprint density at radius 3 is 3.05 bits per heavy atom. The number of rotatable bonds is 2. The third-order valence-electron chi connectivity index (χ3n) is 3.51. The van der Waals surface area contributed by atoms with Crippen LogP contribution in [0, 0.1) is 11.2 Å². The van der Waals surface area contributed by atoms with Gasteiger partial charge in [0.25, 0.3) is 6.71 Å². The smallest absolute Gasteiger partial charge is 0.412 e. The number of nitrogens with one attached hydrogen (secondary N) is 1. The Morgan fingerprint density at radius 1 is 1.62 bits per heavy atom. The van der Waals surface area contributed by atoms with Crippen LogP contribution in [-0.2, 0) is 4.74 Å². The Labute approximate surface area is 129 Å². The lowest BCUT2D eigenvalue weighted by molar-refractivity contribution is 0.0636. The van der Waals surface area contributed by atoms with Crippen molar-refractivity contribution in [1.29, 1.82) is 5.26 Å². The molecule has 1 amide bonds. The number of nitriles is 1. The van der Waals surface area contributed by atoms with Crippen molar-refractivity contribution in [1.82, 2.24) is 4.37 Å². The van der Waals surface area contributed by atoms with Crippen molar-refractivity contribution in [3.63, 3.8) is 0 Å². The van der Waals surface area contributed by atoms with Crippen molar-refractivity contribution >= 4 is 29.3 Å². The Hall–Kier alpha value is -1.55. The minimum Gasteiger partial charge on any atom is -0.444 e. The van der Waals surface area contributed by atoms with Crippen molar-refractivity contribution in [3.05, 3.63) is 11.8 Å². The van der Waals surface area contributed by atoms with Crippen LogP contribution >= 0.6 is 11.5 Å². The summed E-state index contributed by atoms with van der Waals surface area (Å²) in [5.41, 5.74) is 0.511. The number of hydrogen-bond donors (Lipinski definition) is 1. The topological polar surface area (TPSA) is 75.0 Å². The molecule has 1 saturated heterocycles. The molecule has 0 spiro atoms. The normalized spacial score (nSPS) is 19.0. The molecule has 1 atom stereocenters. The highest BCUT2D eigenvalue weighted by atomic mass is 32.1. The predicted octanol–water partition coefficient (Wildman–Crippen LogP) is 3.93. The average Bonchev–Trinajstić information content (AvgIpc) is 2.84. The molecule has 0 saturated carbocycles. The second-order valence-corrected chi connectivity index (χ2v) is 7.23. The first-order valence-corrected chi connectivity index (χ1v) is 8.00. The molecule has 5 nitrogen and oxygen atoms in total. The van der Waals surface area contributed by atoms with E-state index in [-0.39, 0.29) is 6.71 Å². The fourth-order valence-corrected chi connectivity index (χ4v) is 3.34. The van der Waals surface area contributed by atoms with Gasteiger partial charge in [-0.1, -0.05) is 19.1 Å². The maximum Gasteiger partial charge on any atom is 0.412 e. The van der Waals surface area contributed by atoms with Crippen LogP contribution in [0.4, 0.5) is 9.80 Å². The summed E-state index contributed by atoms with van der Waals surface area (Å²) in [5.74, 6) is 2.66. The zero-order chi connectivity index (χ0) is 15.5. The van der Waals surface area contributed by atoms with E-state index in [4.69, 9.17) is 10.00 Å². The SMILES string of the molecule is CC(C)(C)OC(=O)Nc1sncc1C1CCCB(C#N)C1. The number of amides is 1. The van der Waals surface area contributed by atoms with Crippen molar-refractivity contribution < 1.29 is 9.53 Å². The van der Waals surface area contributed by atoms with Crippen LogP contribution in [0.15, 0.2) is 6.20 Å². The number of ether oxygens (including phenoxy) is 1. The summed E-state index contributed by atoms with van der Waals surface area (Å²) in [5, 5.41) is 12.6. The molecule has 0 radical (unpaired) electrons. The van der Waals surface area contributed by atoms with Gasteiger partial charge in [-0.15, -0.1) is 0 Å². The first kappa shape index (κ1) is 15.8. The van der Waals surface area contributed by atoms with Crippen molar-refractivity contribution in [2.75, 3.05) is 5.32 Å². The van der Waals surface area contributed by atoms with Crippen LogP contribution in [-0.4, -0.2) is 22.8 Å². The van der Waals surface area contributed by atoms with E-state index in [1.54, 1.807) is 0 Å². The molecule has 1 unspecified atom stereocenters. The van der Waals surface area contributed by atoms with Crippen LogP contribution in [0.1, 0.15) is 45.1 Å². The molecule has 0 aromatic carbocycles. The van der Waals surface area contributed by atoms with Crippen LogP contribution in [0.3, 0.4) is 0 Å². The Morgan fingerprint density at radius 2 is 2.38 bits per heavy atom. The lowest BCUT2D eigenvalue weighted by Crippen LogP contribution is -2.27. The molecule has 1 aromatic heterocycles. The second kappa shape index (κ2) is 6.48. The minimum atomic E-state index is -0.522. The number of nitrogens with zero attached hydrogens (tertiary/aromatic N) is 2. The van der Waals surface area contributed by atoms with Crippen LogP contribution in [0.2, 0.25) is 12.6 Å². The quantitative estimate of drug-likeness (QED) is 0.840. The van der Waals surface area contributed by atoms with E-state index in [9.17, 15) is 4.79 Å². The van der Waals surface area contributed by atoms with Gasteiger partial charge in [0.05, 0.1) is 0 Å². The molecule has 1 aromatic rings. The van der Waals surface area contributed by atoms with E-state index in [0.29, 0.717) is 5.92 Å². The van der Waals surface area contributed by atoms with Gasteiger partial charge >= 0.3 is 6.09 Å². The van der Waals surface area contributed by atoms with Gasteiger partial charge < -0.3 is 4.74 Å². The van der Waals surface area contributed by atoms with E-state index >= 15 is 0 Å². The summed E-state index contributed by atoms with van der Waals surface area (Å²) < 4.78 is 9.46. The standard InChI is InChI=1S/C14H20BN3O2S/c1-14(2,3)20-13(19)18-12-11(8-17-21-12)10-5-4-6-15(7-10)9-16/h8,10H,4-7H2,1-3H3,(H,18,19). The van der Waals surface area contributed by atoms with Gasteiger partial charge in [-0.05, 0) is 44.6 Å². The summed E-state index contributed by atoms with van der Waals surface area (Å²) in [4.78, 5) is 11.9. The fourth-order valence-electron chi connectivity index (χ4n) is 2.62. The molecular formula is C14H20BN3O2S. The Kier molecular flexibility index (Phi) is 4.89. The van der Waals surface area contributed by atoms with Gasteiger partial charge in [-0.25, -0.2) is 10.1 Å². The molecule has 112 valence electrons. The van der Waals surface area contributed by atoms with Gasteiger partial charge in [-0.3, -0.25) is 5.32 Å². The van der Waals surface area contributed by atoms with Crippen LogP contribution in [0.5, 0.6) is 0 Å². The predicted molar refractivity (Wildman–Crippen MR) is 84.9 cm³/mol.